The largest absolute Gasteiger partial charge is 0.416 e. The first-order chi connectivity index (χ1) is 18.7. The molecule has 0 saturated carbocycles. The van der Waals surface area contributed by atoms with Crippen LogP contribution in [0.2, 0.25) is 0 Å². The summed E-state index contributed by atoms with van der Waals surface area (Å²) in [6.45, 7) is 2.49. The molecule has 0 saturated heterocycles. The molecule has 4 aromatic rings. The van der Waals surface area contributed by atoms with Crippen molar-refractivity contribution >= 4 is 10.0 Å². The molecule has 0 aliphatic carbocycles. The summed E-state index contributed by atoms with van der Waals surface area (Å²) < 4.78 is 99.3. The fourth-order valence-corrected chi connectivity index (χ4v) is 6.04. The van der Waals surface area contributed by atoms with Crippen LogP contribution in [0.3, 0.4) is 0 Å². The van der Waals surface area contributed by atoms with Gasteiger partial charge in [0, 0.05) is 25.1 Å². The van der Waals surface area contributed by atoms with Crippen molar-refractivity contribution in [3.8, 4) is 0 Å². The summed E-state index contributed by atoms with van der Waals surface area (Å²) >= 11 is 0. The molecule has 4 rings (SSSR count). The monoisotopic (exact) mass is 574 g/mol. The maximum absolute atomic E-state index is 13.9. The molecule has 3 aromatic carbocycles. The van der Waals surface area contributed by atoms with Crippen molar-refractivity contribution in [1.82, 2.24) is 9.71 Å². The molecule has 1 unspecified atom stereocenters. The highest BCUT2D eigenvalue weighted by Gasteiger charge is 2.42. The Balaban J connectivity index is 1.90. The second-order valence-electron chi connectivity index (χ2n) is 9.82. The van der Waals surface area contributed by atoms with E-state index in [1.165, 1.54) is 36.5 Å². The van der Waals surface area contributed by atoms with Gasteiger partial charge in [-0.1, -0.05) is 66.7 Å². The zero-order valence-corrected chi connectivity index (χ0v) is 22.5. The minimum atomic E-state index is -4.68. The minimum absolute atomic E-state index is 0.0277. The van der Waals surface area contributed by atoms with E-state index in [2.05, 4.69) is 9.71 Å². The number of alkyl halides is 5. The highest BCUT2D eigenvalue weighted by atomic mass is 32.2. The van der Waals surface area contributed by atoms with Crippen LogP contribution in [-0.2, 0) is 39.8 Å². The number of halogens is 5. The lowest BCUT2D eigenvalue weighted by molar-refractivity contribution is -0.137. The Kier molecular flexibility index (Phi) is 8.14. The number of hydrogen-bond acceptors (Lipinski definition) is 3. The molecular weight excluding hydrogens is 547 g/mol. The van der Waals surface area contributed by atoms with E-state index in [9.17, 15) is 30.4 Å². The summed E-state index contributed by atoms with van der Waals surface area (Å²) in [6.07, 6.45) is -3.25. The SMILES string of the molecule is Cc1ccc(C(Cc2ccccc2)(NS(=O)(=O)Cc2cccc(C(C)(F)F)c2)c2cccc(C(F)(F)F)c2)nc1. The van der Waals surface area contributed by atoms with Gasteiger partial charge in [0.05, 0.1) is 17.0 Å². The van der Waals surface area contributed by atoms with Crippen molar-refractivity contribution in [2.45, 2.75) is 43.7 Å². The van der Waals surface area contributed by atoms with Crippen LogP contribution in [0.25, 0.3) is 0 Å². The minimum Gasteiger partial charge on any atom is -0.259 e. The Morgan fingerprint density at radius 2 is 1.38 bits per heavy atom. The second-order valence-corrected chi connectivity index (χ2v) is 11.5. The molecule has 1 heterocycles. The topological polar surface area (TPSA) is 59.1 Å². The first-order valence-electron chi connectivity index (χ1n) is 12.3. The van der Waals surface area contributed by atoms with Crippen molar-refractivity contribution in [3.63, 3.8) is 0 Å². The fraction of sp³-hybridized carbons (Fsp3) is 0.233. The van der Waals surface area contributed by atoms with Crippen LogP contribution in [0.4, 0.5) is 22.0 Å². The summed E-state index contributed by atoms with van der Waals surface area (Å²) in [5.41, 5.74) is -1.36. The normalized spacial score (nSPS) is 14.1. The number of sulfonamides is 1. The molecule has 210 valence electrons. The predicted molar refractivity (Wildman–Crippen MR) is 143 cm³/mol. The smallest absolute Gasteiger partial charge is 0.259 e. The molecule has 40 heavy (non-hydrogen) atoms. The lowest BCUT2D eigenvalue weighted by Gasteiger charge is -2.35. The van der Waals surface area contributed by atoms with Crippen molar-refractivity contribution in [2.75, 3.05) is 0 Å². The maximum Gasteiger partial charge on any atom is 0.416 e. The molecule has 0 amide bonds. The number of rotatable bonds is 9. The number of pyridine rings is 1. The standard InChI is InChI=1S/C30H27F5N2O2S/c1-21-14-15-27(36-19-21)29(18-22-8-4-3-5-9-22,25-12-7-13-26(17-25)30(33,34)35)37-40(38,39)20-23-10-6-11-24(16-23)28(2,31)32/h3-17,19,37H,18,20H2,1-2H3. The molecule has 1 N–H and O–H groups in total. The van der Waals surface area contributed by atoms with Crippen molar-refractivity contribution < 1.29 is 30.4 Å². The van der Waals surface area contributed by atoms with E-state index in [0.717, 1.165) is 23.8 Å². The number of aryl methyl sites for hydroxylation is 1. The zero-order valence-electron chi connectivity index (χ0n) is 21.7. The summed E-state index contributed by atoms with van der Waals surface area (Å²) in [5, 5.41) is 0. The Labute approximate surface area is 230 Å². The third-order valence-electron chi connectivity index (χ3n) is 6.46. The van der Waals surface area contributed by atoms with Gasteiger partial charge < -0.3 is 0 Å². The molecule has 0 aliphatic rings. The third-order valence-corrected chi connectivity index (χ3v) is 7.84. The van der Waals surface area contributed by atoms with Gasteiger partial charge in [-0.2, -0.15) is 17.9 Å². The van der Waals surface area contributed by atoms with Crippen molar-refractivity contribution in [2.24, 2.45) is 0 Å². The molecule has 1 aromatic heterocycles. The van der Waals surface area contributed by atoms with E-state index in [-0.39, 0.29) is 28.8 Å². The predicted octanol–water partition coefficient (Wildman–Crippen LogP) is 7.13. The molecule has 10 heteroatoms. The molecule has 0 aliphatic heterocycles. The van der Waals surface area contributed by atoms with Gasteiger partial charge >= 0.3 is 6.18 Å². The maximum atomic E-state index is 13.9. The third kappa shape index (κ3) is 6.92. The van der Waals surface area contributed by atoms with Crippen LogP contribution in [0.15, 0.2) is 97.2 Å². The molecular formula is C30H27F5N2O2S. The van der Waals surface area contributed by atoms with Gasteiger partial charge in [0.2, 0.25) is 10.0 Å². The van der Waals surface area contributed by atoms with Crippen LogP contribution in [-0.4, -0.2) is 13.4 Å². The van der Waals surface area contributed by atoms with Crippen molar-refractivity contribution in [1.29, 1.82) is 0 Å². The number of nitrogens with one attached hydrogen (secondary N) is 1. The quantitative estimate of drug-likeness (QED) is 0.217. The van der Waals surface area contributed by atoms with Crippen LogP contribution in [0.1, 0.15) is 46.0 Å². The number of aromatic nitrogens is 1. The Morgan fingerprint density at radius 3 is 2.00 bits per heavy atom. The van der Waals surface area contributed by atoms with E-state index >= 15 is 0 Å². The Bertz CT molecular complexity index is 1570. The molecule has 1 atom stereocenters. The lowest BCUT2D eigenvalue weighted by atomic mass is 9.81. The van der Waals surface area contributed by atoms with E-state index in [4.69, 9.17) is 0 Å². The van der Waals surface area contributed by atoms with Gasteiger partial charge in [0.1, 0.15) is 5.54 Å². The van der Waals surface area contributed by atoms with Crippen LogP contribution in [0.5, 0.6) is 0 Å². The summed E-state index contributed by atoms with van der Waals surface area (Å²) in [7, 11) is -4.35. The van der Waals surface area contributed by atoms with Gasteiger partial charge in [0.15, 0.2) is 0 Å². The van der Waals surface area contributed by atoms with E-state index < -0.39 is 39.0 Å². The number of benzene rings is 3. The highest BCUT2D eigenvalue weighted by Crippen LogP contribution is 2.38. The Hall–Kier alpha value is -3.63. The lowest BCUT2D eigenvalue weighted by Crippen LogP contribution is -2.49. The molecule has 0 radical (unpaired) electrons. The van der Waals surface area contributed by atoms with Gasteiger partial charge in [-0.15, -0.1) is 0 Å². The van der Waals surface area contributed by atoms with E-state index in [1.807, 2.05) is 0 Å². The fourth-order valence-electron chi connectivity index (χ4n) is 4.53. The van der Waals surface area contributed by atoms with Crippen LogP contribution in [0, 0.1) is 6.92 Å². The van der Waals surface area contributed by atoms with Crippen LogP contribution < -0.4 is 4.72 Å². The van der Waals surface area contributed by atoms with E-state index in [1.54, 1.807) is 49.4 Å². The summed E-state index contributed by atoms with van der Waals surface area (Å²) in [4.78, 5) is 4.45. The molecule has 0 spiro atoms. The van der Waals surface area contributed by atoms with Gasteiger partial charge in [0.25, 0.3) is 5.92 Å². The van der Waals surface area contributed by atoms with Gasteiger partial charge in [-0.05, 0) is 53.4 Å². The average Bonchev–Trinajstić information content (AvgIpc) is 2.88. The van der Waals surface area contributed by atoms with Gasteiger partial charge in [-0.3, -0.25) is 4.98 Å². The molecule has 4 nitrogen and oxygen atoms in total. The Morgan fingerprint density at radius 1 is 0.750 bits per heavy atom. The molecule has 0 bridgehead atoms. The summed E-state index contributed by atoms with van der Waals surface area (Å²) in [5.74, 6) is -3.87. The van der Waals surface area contributed by atoms with Crippen molar-refractivity contribution in [3.05, 3.63) is 136 Å². The number of hydrogen-bond donors (Lipinski definition) is 1. The van der Waals surface area contributed by atoms with Crippen LogP contribution >= 0.6 is 0 Å². The van der Waals surface area contributed by atoms with Gasteiger partial charge in [-0.25, -0.2) is 17.2 Å². The second kappa shape index (κ2) is 11.1. The zero-order chi connectivity index (χ0) is 29.2. The molecule has 0 fully saturated rings. The summed E-state index contributed by atoms with van der Waals surface area (Å²) in [6, 6.07) is 21.5. The highest BCUT2D eigenvalue weighted by molar-refractivity contribution is 7.88. The number of nitrogens with zero attached hydrogens (tertiary/aromatic N) is 1. The average molecular weight is 575 g/mol. The first kappa shape index (κ1) is 29.4. The first-order valence-corrected chi connectivity index (χ1v) is 14.0. The van der Waals surface area contributed by atoms with E-state index in [0.29, 0.717) is 12.5 Å².